The van der Waals surface area contributed by atoms with E-state index in [1.807, 2.05) is 32.6 Å². The van der Waals surface area contributed by atoms with E-state index in [-0.39, 0.29) is 29.6 Å². The van der Waals surface area contributed by atoms with Gasteiger partial charge in [-0.05, 0) is 59.8 Å². The first-order valence-electron chi connectivity index (χ1n) is 11.6. The Bertz CT molecular complexity index is 1160. The highest BCUT2D eigenvalue weighted by Gasteiger charge is 2.45. The lowest BCUT2D eigenvalue weighted by Crippen LogP contribution is -2.57. The Kier molecular flexibility index (Phi) is 5.06. The van der Waals surface area contributed by atoms with Crippen LogP contribution in [0.15, 0.2) is 11.0 Å². The van der Waals surface area contributed by atoms with Crippen molar-refractivity contribution in [3.05, 3.63) is 39.1 Å². The number of hydrogen-bond acceptors (Lipinski definition) is 6. The molecule has 2 aromatic rings. The molecule has 10 heteroatoms. The van der Waals surface area contributed by atoms with Gasteiger partial charge in [0.15, 0.2) is 0 Å². The summed E-state index contributed by atoms with van der Waals surface area (Å²) in [5.74, 6) is 0.244. The van der Waals surface area contributed by atoms with Crippen molar-refractivity contribution < 1.29 is 14.3 Å². The molecule has 2 unspecified atom stereocenters. The lowest BCUT2D eigenvalue weighted by molar-refractivity contribution is 0.00238. The number of rotatable bonds is 2. The molecule has 2 bridgehead atoms. The van der Waals surface area contributed by atoms with E-state index in [4.69, 9.17) is 4.74 Å². The maximum atomic E-state index is 13.5. The minimum Gasteiger partial charge on any atom is -0.444 e. The van der Waals surface area contributed by atoms with E-state index >= 15 is 0 Å². The second-order valence-electron chi connectivity index (χ2n) is 10.2. The number of carbonyl (C=O) groups is 2. The van der Waals surface area contributed by atoms with Crippen LogP contribution in [0.2, 0.25) is 0 Å². The van der Waals surface area contributed by atoms with E-state index in [9.17, 15) is 14.4 Å². The van der Waals surface area contributed by atoms with Gasteiger partial charge < -0.3 is 14.5 Å². The molecule has 3 aliphatic rings. The Hall–Kier alpha value is -3.17. The van der Waals surface area contributed by atoms with Crippen LogP contribution in [0.5, 0.6) is 0 Å². The van der Waals surface area contributed by atoms with Gasteiger partial charge in [-0.25, -0.2) is 14.5 Å². The molecule has 2 saturated heterocycles. The number of aromatic nitrogens is 4. The summed E-state index contributed by atoms with van der Waals surface area (Å²) in [7, 11) is 0. The van der Waals surface area contributed by atoms with E-state index in [0.29, 0.717) is 30.3 Å². The van der Waals surface area contributed by atoms with Gasteiger partial charge in [0.05, 0.1) is 35.2 Å². The third-order valence-electron chi connectivity index (χ3n) is 6.74. The van der Waals surface area contributed by atoms with Gasteiger partial charge in [-0.15, -0.1) is 0 Å². The molecule has 1 N–H and O–H groups in total. The second kappa shape index (κ2) is 7.71. The van der Waals surface area contributed by atoms with Crippen LogP contribution < -0.4 is 5.56 Å². The van der Waals surface area contributed by atoms with Crippen LogP contribution in [0.4, 0.5) is 4.79 Å². The smallest absolute Gasteiger partial charge is 0.410 e. The van der Waals surface area contributed by atoms with Gasteiger partial charge in [-0.2, -0.15) is 5.10 Å². The minimum absolute atomic E-state index is 0.0514. The first-order valence-corrected chi connectivity index (χ1v) is 11.6. The predicted octanol–water partition coefficient (Wildman–Crippen LogP) is 1.98. The van der Waals surface area contributed by atoms with Gasteiger partial charge in [0.2, 0.25) is 5.95 Å². The molecule has 10 nitrogen and oxygen atoms in total. The van der Waals surface area contributed by atoms with Crippen molar-refractivity contribution in [2.75, 3.05) is 13.1 Å². The normalized spacial score (nSPS) is 21.9. The highest BCUT2D eigenvalue weighted by atomic mass is 16.6. The zero-order valence-corrected chi connectivity index (χ0v) is 19.6. The van der Waals surface area contributed by atoms with Crippen molar-refractivity contribution in [2.45, 2.75) is 77.5 Å². The lowest BCUT2D eigenvalue weighted by Gasteiger charge is -2.41. The molecule has 2 fully saturated rings. The SMILES string of the molecule is Cc1c(C(=O)N2C3CCC2CN(C(=O)OC(C)(C)C)C3)cnn1-c1nc2c(c(=O)[nH]1)CCC2. The maximum absolute atomic E-state index is 13.5. The molecule has 0 spiro atoms. The summed E-state index contributed by atoms with van der Waals surface area (Å²) in [5.41, 5.74) is 2.00. The summed E-state index contributed by atoms with van der Waals surface area (Å²) in [6, 6.07) is -0.103. The number of aromatic amines is 1. The van der Waals surface area contributed by atoms with Gasteiger partial charge >= 0.3 is 6.09 Å². The number of ether oxygens (including phenoxy) is 1. The lowest BCUT2D eigenvalue weighted by atomic mass is 10.1. The molecule has 0 aromatic carbocycles. The number of piperazine rings is 1. The molecule has 176 valence electrons. The molecule has 0 radical (unpaired) electrons. The monoisotopic (exact) mass is 454 g/mol. The first kappa shape index (κ1) is 21.7. The summed E-state index contributed by atoms with van der Waals surface area (Å²) in [4.78, 5) is 49.5. The Morgan fingerprint density at radius 1 is 1.15 bits per heavy atom. The zero-order valence-electron chi connectivity index (χ0n) is 19.6. The highest BCUT2D eigenvalue weighted by Crippen LogP contribution is 2.33. The van der Waals surface area contributed by atoms with Crippen molar-refractivity contribution >= 4 is 12.0 Å². The molecule has 5 rings (SSSR count). The third-order valence-corrected chi connectivity index (χ3v) is 6.74. The van der Waals surface area contributed by atoms with Crippen molar-refractivity contribution in [1.82, 2.24) is 29.5 Å². The van der Waals surface area contributed by atoms with Gasteiger partial charge in [0, 0.05) is 18.7 Å². The van der Waals surface area contributed by atoms with E-state index in [1.165, 1.54) is 4.68 Å². The first-order chi connectivity index (χ1) is 15.6. The number of carbonyl (C=O) groups excluding carboxylic acids is 2. The summed E-state index contributed by atoms with van der Waals surface area (Å²) in [5, 5.41) is 4.37. The molecule has 4 heterocycles. The molecule has 1 aliphatic carbocycles. The van der Waals surface area contributed by atoms with E-state index in [0.717, 1.165) is 43.4 Å². The van der Waals surface area contributed by atoms with Crippen molar-refractivity contribution in [3.63, 3.8) is 0 Å². The fourth-order valence-electron chi connectivity index (χ4n) is 5.21. The number of amides is 2. The quantitative estimate of drug-likeness (QED) is 0.742. The average Bonchev–Trinajstić information content (AvgIpc) is 3.42. The Balaban J connectivity index is 1.37. The number of aryl methyl sites for hydroxylation is 1. The van der Waals surface area contributed by atoms with E-state index in [2.05, 4.69) is 15.1 Å². The van der Waals surface area contributed by atoms with Gasteiger partial charge in [0.1, 0.15) is 5.60 Å². The molecule has 2 atom stereocenters. The van der Waals surface area contributed by atoms with Crippen LogP contribution in [0.1, 0.15) is 67.3 Å². The largest absolute Gasteiger partial charge is 0.444 e. The van der Waals surface area contributed by atoms with Gasteiger partial charge in [-0.3, -0.25) is 14.6 Å². The van der Waals surface area contributed by atoms with Crippen LogP contribution >= 0.6 is 0 Å². The summed E-state index contributed by atoms with van der Waals surface area (Å²) in [6.45, 7) is 8.29. The average molecular weight is 455 g/mol. The summed E-state index contributed by atoms with van der Waals surface area (Å²) in [6.07, 6.45) is 5.37. The van der Waals surface area contributed by atoms with Gasteiger partial charge in [-0.1, -0.05) is 0 Å². The summed E-state index contributed by atoms with van der Waals surface area (Å²) >= 11 is 0. The Morgan fingerprint density at radius 2 is 1.85 bits per heavy atom. The maximum Gasteiger partial charge on any atom is 0.410 e. The fraction of sp³-hybridized carbons (Fsp3) is 0.609. The van der Waals surface area contributed by atoms with Crippen LogP contribution in [0, 0.1) is 6.92 Å². The molecular weight excluding hydrogens is 424 g/mol. The molecule has 0 saturated carbocycles. The van der Waals surface area contributed by atoms with E-state index < -0.39 is 5.60 Å². The van der Waals surface area contributed by atoms with Crippen LogP contribution in [-0.4, -0.2) is 72.3 Å². The van der Waals surface area contributed by atoms with E-state index in [1.54, 1.807) is 11.1 Å². The van der Waals surface area contributed by atoms with Crippen LogP contribution in [0.25, 0.3) is 5.95 Å². The summed E-state index contributed by atoms with van der Waals surface area (Å²) < 4.78 is 7.06. The number of H-pyrrole nitrogens is 1. The predicted molar refractivity (Wildman–Crippen MR) is 120 cm³/mol. The standard InChI is InChI=1S/C23H30N6O4/c1-13-17(10-24-29(13)21-25-18-7-5-6-16(18)19(30)26-21)20(31)28-14-8-9-15(28)12-27(11-14)22(32)33-23(2,3)4/h10,14-15H,5-9,11-12H2,1-4H3,(H,25,26,30). The molecule has 33 heavy (non-hydrogen) atoms. The van der Waals surface area contributed by atoms with Crippen LogP contribution in [0.3, 0.4) is 0 Å². The third kappa shape index (κ3) is 3.81. The number of likely N-dealkylation sites (tertiary alicyclic amines) is 1. The molecule has 2 aliphatic heterocycles. The number of fused-ring (bicyclic) bond motifs is 3. The number of nitrogens with one attached hydrogen (secondary N) is 1. The fourth-order valence-corrected chi connectivity index (χ4v) is 5.21. The van der Waals surface area contributed by atoms with Crippen LogP contribution in [-0.2, 0) is 17.6 Å². The zero-order chi connectivity index (χ0) is 23.5. The van der Waals surface area contributed by atoms with Gasteiger partial charge in [0.25, 0.3) is 11.5 Å². The molecule has 2 aromatic heterocycles. The minimum atomic E-state index is -0.554. The highest BCUT2D eigenvalue weighted by molar-refractivity contribution is 5.96. The van der Waals surface area contributed by atoms with Crippen molar-refractivity contribution in [1.29, 1.82) is 0 Å². The Labute approximate surface area is 191 Å². The topological polar surface area (TPSA) is 113 Å². The van der Waals surface area contributed by atoms with Crippen molar-refractivity contribution in [2.24, 2.45) is 0 Å². The number of nitrogens with zero attached hydrogens (tertiary/aromatic N) is 5. The van der Waals surface area contributed by atoms with Crippen molar-refractivity contribution in [3.8, 4) is 5.95 Å². The second-order valence-corrected chi connectivity index (χ2v) is 10.2. The molecule has 2 amide bonds. The Morgan fingerprint density at radius 3 is 2.52 bits per heavy atom. The molecular formula is C23H30N6O4. The number of hydrogen-bond donors (Lipinski definition) is 1.